The number of carbonyl (C=O) groups is 1. The lowest BCUT2D eigenvalue weighted by molar-refractivity contribution is -0.129. The summed E-state index contributed by atoms with van der Waals surface area (Å²) in [5.74, 6) is 0.668. The average molecular weight is 460 g/mol. The minimum absolute atomic E-state index is 0.00187. The third-order valence-electron chi connectivity index (χ3n) is 8.08. The zero-order valence-electron chi connectivity index (χ0n) is 20.1. The molecule has 2 saturated carbocycles. The highest BCUT2D eigenvalue weighted by Gasteiger charge is 2.42. The van der Waals surface area contributed by atoms with Gasteiger partial charge in [-0.05, 0) is 30.7 Å². The zero-order valence-corrected chi connectivity index (χ0v) is 20.1. The maximum Gasteiger partial charge on any atom is 0.166 e. The lowest BCUT2D eigenvalue weighted by Crippen LogP contribution is -2.53. The highest BCUT2D eigenvalue weighted by Crippen LogP contribution is 2.40. The number of Topliss-reactive ketones (excluding diaryl/α,β-unsaturated/α-hetero) is 1. The first-order valence-electron chi connectivity index (χ1n) is 13.0. The number of fused-ring (bicyclic) bond motifs is 1. The molecule has 3 unspecified atom stereocenters. The molecule has 5 heteroatoms. The SMILES string of the molecule is CN1c2ccccc2C(c2ccccc2)=N[C@H](C(=O)C(CC2CC2)C(O)CC2CCCC2)C1N. The van der Waals surface area contributed by atoms with Crippen molar-refractivity contribution in [3.05, 3.63) is 65.7 Å². The molecule has 0 spiro atoms. The van der Waals surface area contributed by atoms with E-state index in [0.29, 0.717) is 11.8 Å². The second-order valence-corrected chi connectivity index (χ2v) is 10.5. The standard InChI is InChI=1S/C29H37N3O2/c1-32-24-14-8-7-13-22(24)26(21-11-3-2-4-12-21)31-27(29(32)30)28(34)23(17-20-15-16-20)25(33)18-19-9-5-6-10-19/h2-4,7-8,11-14,19-20,23,25,27,29,33H,5-6,9-10,15-18,30H2,1H3/t23?,25?,27-,29?/m1/s1. The molecule has 0 radical (unpaired) electrons. The molecule has 2 aliphatic carbocycles. The number of aliphatic hydroxyl groups is 1. The third kappa shape index (κ3) is 4.82. The number of benzodiazepines with no additional fused rings is 1. The van der Waals surface area contributed by atoms with Gasteiger partial charge in [0.05, 0.1) is 11.8 Å². The molecule has 5 nitrogen and oxygen atoms in total. The number of likely N-dealkylation sites (N-methyl/N-ethyl adjacent to an activating group) is 1. The topological polar surface area (TPSA) is 78.9 Å². The van der Waals surface area contributed by atoms with Gasteiger partial charge in [-0.3, -0.25) is 9.79 Å². The predicted octanol–water partition coefficient (Wildman–Crippen LogP) is 4.55. The van der Waals surface area contributed by atoms with Crippen molar-refractivity contribution in [3.8, 4) is 0 Å². The number of nitrogens with two attached hydrogens (primary N) is 1. The Morgan fingerprint density at radius 2 is 1.65 bits per heavy atom. The molecule has 2 fully saturated rings. The maximum absolute atomic E-state index is 14.1. The Labute approximate surface area is 203 Å². The van der Waals surface area contributed by atoms with Gasteiger partial charge in [0.1, 0.15) is 12.2 Å². The predicted molar refractivity (Wildman–Crippen MR) is 137 cm³/mol. The number of aliphatic hydroxyl groups excluding tert-OH is 1. The Kier molecular flexibility index (Phi) is 6.84. The summed E-state index contributed by atoms with van der Waals surface area (Å²) in [4.78, 5) is 21.2. The minimum atomic E-state index is -0.727. The molecule has 0 saturated heterocycles. The lowest BCUT2D eigenvalue weighted by Gasteiger charge is -2.32. The molecule has 5 rings (SSSR count). The van der Waals surface area contributed by atoms with E-state index in [1.807, 2.05) is 66.5 Å². The fourth-order valence-corrected chi connectivity index (χ4v) is 5.84. The number of para-hydroxylation sites is 1. The van der Waals surface area contributed by atoms with E-state index in [2.05, 4.69) is 0 Å². The van der Waals surface area contributed by atoms with Crippen molar-refractivity contribution >= 4 is 17.2 Å². The first kappa shape index (κ1) is 23.3. The van der Waals surface area contributed by atoms with E-state index in [-0.39, 0.29) is 5.78 Å². The van der Waals surface area contributed by atoms with Crippen LogP contribution in [0.5, 0.6) is 0 Å². The zero-order chi connectivity index (χ0) is 23.7. The van der Waals surface area contributed by atoms with Crippen LogP contribution in [0.3, 0.4) is 0 Å². The van der Waals surface area contributed by atoms with Gasteiger partial charge in [-0.15, -0.1) is 0 Å². The Bertz CT molecular complexity index is 1030. The normalized spacial score (nSPS) is 24.8. The quantitative estimate of drug-likeness (QED) is 0.607. The van der Waals surface area contributed by atoms with E-state index < -0.39 is 24.2 Å². The van der Waals surface area contributed by atoms with E-state index >= 15 is 0 Å². The number of hydrogen-bond acceptors (Lipinski definition) is 5. The maximum atomic E-state index is 14.1. The van der Waals surface area contributed by atoms with Crippen molar-refractivity contribution < 1.29 is 9.90 Å². The molecular formula is C29H37N3O2. The van der Waals surface area contributed by atoms with Crippen molar-refractivity contribution in [1.29, 1.82) is 0 Å². The largest absolute Gasteiger partial charge is 0.392 e. The number of carbonyl (C=O) groups excluding carboxylic acids is 1. The van der Waals surface area contributed by atoms with Crippen LogP contribution in [0.15, 0.2) is 59.6 Å². The number of hydrogen-bond donors (Lipinski definition) is 2. The Morgan fingerprint density at radius 1 is 1.00 bits per heavy atom. The molecule has 1 aliphatic heterocycles. The summed E-state index contributed by atoms with van der Waals surface area (Å²) >= 11 is 0. The summed E-state index contributed by atoms with van der Waals surface area (Å²) in [5.41, 5.74) is 10.5. The number of ketones is 1. The number of aliphatic imine (C=N–C) groups is 1. The fraction of sp³-hybridized carbons (Fsp3) is 0.517. The molecule has 0 bridgehead atoms. The fourth-order valence-electron chi connectivity index (χ4n) is 5.84. The molecule has 3 N–H and O–H groups in total. The van der Waals surface area contributed by atoms with Crippen molar-refractivity contribution in [2.24, 2.45) is 28.5 Å². The number of anilines is 1. The van der Waals surface area contributed by atoms with Gasteiger partial charge < -0.3 is 15.7 Å². The summed E-state index contributed by atoms with van der Waals surface area (Å²) in [5, 5.41) is 11.3. The van der Waals surface area contributed by atoms with E-state index in [1.165, 1.54) is 25.7 Å². The smallest absolute Gasteiger partial charge is 0.166 e. The van der Waals surface area contributed by atoms with Crippen molar-refractivity contribution in [2.45, 2.75) is 69.7 Å². The molecule has 0 aromatic heterocycles. The Balaban J connectivity index is 1.51. The lowest BCUT2D eigenvalue weighted by atomic mass is 9.82. The second-order valence-electron chi connectivity index (χ2n) is 10.5. The van der Waals surface area contributed by atoms with Gasteiger partial charge in [0.2, 0.25) is 0 Å². The van der Waals surface area contributed by atoms with E-state index in [9.17, 15) is 9.90 Å². The average Bonchev–Trinajstić information content (AvgIpc) is 3.57. The third-order valence-corrected chi connectivity index (χ3v) is 8.08. The Morgan fingerprint density at radius 3 is 2.35 bits per heavy atom. The number of nitrogens with zero attached hydrogens (tertiary/aromatic N) is 2. The van der Waals surface area contributed by atoms with Gasteiger partial charge >= 0.3 is 0 Å². The van der Waals surface area contributed by atoms with Crippen LogP contribution >= 0.6 is 0 Å². The van der Waals surface area contributed by atoms with E-state index in [4.69, 9.17) is 10.7 Å². The molecule has 2 aromatic carbocycles. The molecule has 1 heterocycles. The molecule has 3 aliphatic rings. The molecule has 180 valence electrons. The monoisotopic (exact) mass is 459 g/mol. The molecule has 0 amide bonds. The van der Waals surface area contributed by atoms with Crippen LogP contribution in [0.25, 0.3) is 0 Å². The van der Waals surface area contributed by atoms with Gasteiger partial charge in [0, 0.05) is 29.8 Å². The first-order valence-corrected chi connectivity index (χ1v) is 13.0. The first-order chi connectivity index (χ1) is 16.5. The van der Waals surface area contributed by atoms with Crippen molar-refractivity contribution in [1.82, 2.24) is 0 Å². The van der Waals surface area contributed by atoms with Gasteiger partial charge in [-0.2, -0.15) is 0 Å². The van der Waals surface area contributed by atoms with Gasteiger partial charge in [-0.1, -0.05) is 87.1 Å². The van der Waals surface area contributed by atoms with Crippen LogP contribution in [0.2, 0.25) is 0 Å². The summed E-state index contributed by atoms with van der Waals surface area (Å²) in [6.45, 7) is 0. The van der Waals surface area contributed by atoms with Gasteiger partial charge in [-0.25, -0.2) is 0 Å². The summed E-state index contributed by atoms with van der Waals surface area (Å²) in [6, 6.07) is 17.4. The van der Waals surface area contributed by atoms with Crippen LogP contribution < -0.4 is 10.6 Å². The van der Waals surface area contributed by atoms with Crippen LogP contribution in [0.1, 0.15) is 62.5 Å². The molecule has 4 atom stereocenters. The van der Waals surface area contributed by atoms with E-state index in [0.717, 1.165) is 48.2 Å². The number of rotatable bonds is 8. The van der Waals surface area contributed by atoms with Crippen LogP contribution in [-0.2, 0) is 4.79 Å². The highest BCUT2D eigenvalue weighted by atomic mass is 16.3. The molecule has 2 aromatic rings. The molecular weight excluding hydrogens is 422 g/mol. The minimum Gasteiger partial charge on any atom is -0.392 e. The summed E-state index contributed by atoms with van der Waals surface area (Å²) in [7, 11) is 1.94. The van der Waals surface area contributed by atoms with E-state index in [1.54, 1.807) is 0 Å². The van der Waals surface area contributed by atoms with Gasteiger partial charge in [0.25, 0.3) is 0 Å². The van der Waals surface area contributed by atoms with Crippen LogP contribution in [-0.4, -0.2) is 42.0 Å². The summed E-state index contributed by atoms with van der Waals surface area (Å²) < 4.78 is 0. The van der Waals surface area contributed by atoms with Crippen LogP contribution in [0, 0.1) is 17.8 Å². The van der Waals surface area contributed by atoms with Crippen molar-refractivity contribution in [3.63, 3.8) is 0 Å². The Hall–Kier alpha value is -2.50. The van der Waals surface area contributed by atoms with Crippen LogP contribution in [0.4, 0.5) is 5.69 Å². The second kappa shape index (κ2) is 10.0. The molecule has 34 heavy (non-hydrogen) atoms. The van der Waals surface area contributed by atoms with Gasteiger partial charge in [0.15, 0.2) is 5.78 Å². The summed E-state index contributed by atoms with van der Waals surface area (Å²) in [6.07, 6.45) is 7.38. The number of benzene rings is 2. The highest BCUT2D eigenvalue weighted by molar-refractivity contribution is 6.17. The van der Waals surface area contributed by atoms with Crippen molar-refractivity contribution in [2.75, 3.05) is 11.9 Å².